The van der Waals surface area contributed by atoms with Crippen molar-refractivity contribution < 1.29 is 9.90 Å². The number of hydrogen-bond donors (Lipinski definition) is 3. The lowest BCUT2D eigenvalue weighted by molar-refractivity contribution is -0.126. The van der Waals surface area contributed by atoms with Gasteiger partial charge in [-0.1, -0.05) is 37.1 Å². The molecule has 1 saturated carbocycles. The summed E-state index contributed by atoms with van der Waals surface area (Å²) in [6.45, 7) is 0.480. The monoisotopic (exact) mass is 248 g/mol. The second-order valence-corrected chi connectivity index (χ2v) is 5.02. The lowest BCUT2D eigenvalue weighted by Crippen LogP contribution is -2.51. The first-order chi connectivity index (χ1) is 8.64. The fourth-order valence-corrected chi connectivity index (χ4v) is 2.43. The lowest BCUT2D eigenvalue weighted by atomic mass is 9.98. The smallest absolute Gasteiger partial charge is 0.240 e. The minimum atomic E-state index is -0.672. The van der Waals surface area contributed by atoms with Gasteiger partial charge >= 0.3 is 0 Å². The molecule has 4 nitrogen and oxygen atoms in total. The van der Waals surface area contributed by atoms with Crippen molar-refractivity contribution in [2.45, 2.75) is 44.4 Å². The Morgan fingerprint density at radius 1 is 1.33 bits per heavy atom. The predicted molar refractivity (Wildman–Crippen MR) is 69.6 cm³/mol. The maximum Gasteiger partial charge on any atom is 0.240 e. The molecule has 18 heavy (non-hydrogen) atoms. The number of nitrogens with two attached hydrogens (primary N) is 1. The van der Waals surface area contributed by atoms with Crippen LogP contribution in [0.1, 0.15) is 36.8 Å². The van der Waals surface area contributed by atoms with E-state index in [1.165, 1.54) is 0 Å². The third kappa shape index (κ3) is 2.89. The van der Waals surface area contributed by atoms with Crippen molar-refractivity contribution in [2.24, 2.45) is 5.73 Å². The van der Waals surface area contributed by atoms with Crippen molar-refractivity contribution in [3.05, 3.63) is 35.4 Å². The topological polar surface area (TPSA) is 75.4 Å². The quantitative estimate of drug-likeness (QED) is 0.746. The number of nitrogens with one attached hydrogen (secondary N) is 1. The Morgan fingerprint density at radius 2 is 2.00 bits per heavy atom. The van der Waals surface area contributed by atoms with Gasteiger partial charge in [0, 0.05) is 6.54 Å². The van der Waals surface area contributed by atoms with Crippen molar-refractivity contribution >= 4 is 5.91 Å². The molecule has 0 heterocycles. The van der Waals surface area contributed by atoms with Crippen LogP contribution in [0.2, 0.25) is 0 Å². The summed E-state index contributed by atoms with van der Waals surface area (Å²) in [5.41, 5.74) is 7.23. The molecule has 1 aromatic carbocycles. The van der Waals surface area contributed by atoms with E-state index in [-0.39, 0.29) is 12.5 Å². The molecule has 0 spiro atoms. The highest BCUT2D eigenvalue weighted by molar-refractivity contribution is 5.86. The Bertz CT molecular complexity index is 426. The van der Waals surface area contributed by atoms with Crippen LogP contribution in [0.15, 0.2) is 24.3 Å². The highest BCUT2D eigenvalue weighted by atomic mass is 16.3. The molecule has 0 aliphatic heterocycles. The average Bonchev–Trinajstić information content (AvgIpc) is 2.84. The first kappa shape index (κ1) is 13.1. The fourth-order valence-electron chi connectivity index (χ4n) is 2.43. The molecule has 2 rings (SSSR count). The lowest BCUT2D eigenvalue weighted by Gasteiger charge is -2.22. The molecule has 4 N–H and O–H groups in total. The van der Waals surface area contributed by atoms with E-state index in [0.717, 1.165) is 36.8 Å². The van der Waals surface area contributed by atoms with Gasteiger partial charge in [0.15, 0.2) is 0 Å². The molecule has 1 fully saturated rings. The molecule has 0 aromatic heterocycles. The number of carbonyl (C=O) groups excluding carboxylic acids is 1. The molecule has 1 aliphatic rings. The van der Waals surface area contributed by atoms with Crippen molar-refractivity contribution in [2.75, 3.05) is 0 Å². The van der Waals surface area contributed by atoms with Crippen molar-refractivity contribution in [1.29, 1.82) is 0 Å². The maximum atomic E-state index is 12.0. The van der Waals surface area contributed by atoms with Crippen LogP contribution in [0.3, 0.4) is 0 Å². The SMILES string of the molecule is NC1(C(=O)NCc2cccc(CO)c2)CCCC1. The van der Waals surface area contributed by atoms with Crippen LogP contribution in [0.5, 0.6) is 0 Å². The Hall–Kier alpha value is -1.39. The van der Waals surface area contributed by atoms with Gasteiger partial charge in [-0.15, -0.1) is 0 Å². The zero-order chi connectivity index (χ0) is 13.0. The number of rotatable bonds is 4. The van der Waals surface area contributed by atoms with Gasteiger partial charge in [-0.05, 0) is 24.0 Å². The van der Waals surface area contributed by atoms with Crippen molar-refractivity contribution in [3.8, 4) is 0 Å². The Labute approximate surface area is 107 Å². The van der Waals surface area contributed by atoms with Gasteiger partial charge in [0.1, 0.15) is 0 Å². The molecule has 0 unspecified atom stereocenters. The summed E-state index contributed by atoms with van der Waals surface area (Å²) in [6, 6.07) is 7.54. The van der Waals surface area contributed by atoms with Crippen LogP contribution in [-0.2, 0) is 17.9 Å². The summed E-state index contributed by atoms with van der Waals surface area (Å²) < 4.78 is 0. The third-order valence-corrected chi connectivity index (χ3v) is 3.58. The van der Waals surface area contributed by atoms with Gasteiger partial charge in [0.05, 0.1) is 12.1 Å². The number of aliphatic hydroxyl groups is 1. The minimum Gasteiger partial charge on any atom is -0.392 e. The van der Waals surface area contributed by atoms with E-state index >= 15 is 0 Å². The van der Waals surface area contributed by atoms with E-state index in [1.54, 1.807) is 0 Å². The van der Waals surface area contributed by atoms with E-state index < -0.39 is 5.54 Å². The summed E-state index contributed by atoms with van der Waals surface area (Å²) in [6.07, 6.45) is 3.61. The van der Waals surface area contributed by atoms with E-state index in [0.29, 0.717) is 6.54 Å². The Balaban J connectivity index is 1.92. The summed E-state index contributed by atoms with van der Waals surface area (Å²) in [5.74, 6) is -0.0607. The second kappa shape index (κ2) is 5.50. The number of aliphatic hydroxyl groups excluding tert-OH is 1. The Morgan fingerprint density at radius 3 is 2.67 bits per heavy atom. The molecule has 4 heteroatoms. The zero-order valence-electron chi connectivity index (χ0n) is 10.5. The van der Waals surface area contributed by atoms with Crippen LogP contribution < -0.4 is 11.1 Å². The standard InChI is InChI=1S/C14H20N2O2/c15-14(6-1-2-7-14)13(18)16-9-11-4-3-5-12(8-11)10-17/h3-5,8,17H,1-2,6-7,9-10,15H2,(H,16,18). The van der Waals surface area contributed by atoms with Crippen LogP contribution in [-0.4, -0.2) is 16.6 Å². The van der Waals surface area contributed by atoms with Crippen molar-refractivity contribution in [1.82, 2.24) is 5.32 Å². The Kier molecular flexibility index (Phi) is 3.99. The van der Waals surface area contributed by atoms with Crippen molar-refractivity contribution in [3.63, 3.8) is 0 Å². The van der Waals surface area contributed by atoms with Gasteiger partial charge in [0.25, 0.3) is 0 Å². The molecule has 98 valence electrons. The number of hydrogen-bond acceptors (Lipinski definition) is 3. The molecule has 1 amide bonds. The molecule has 1 aliphatic carbocycles. The van der Waals surface area contributed by atoms with E-state index in [2.05, 4.69) is 5.32 Å². The van der Waals surface area contributed by atoms with Gasteiger partial charge in [-0.3, -0.25) is 4.79 Å². The summed E-state index contributed by atoms with van der Waals surface area (Å²) in [5, 5.41) is 11.9. The minimum absolute atomic E-state index is 0.0165. The average molecular weight is 248 g/mol. The third-order valence-electron chi connectivity index (χ3n) is 3.58. The summed E-state index contributed by atoms with van der Waals surface area (Å²) in [7, 11) is 0. The highest BCUT2D eigenvalue weighted by Gasteiger charge is 2.36. The molecule has 0 radical (unpaired) electrons. The molecule has 0 atom stereocenters. The van der Waals surface area contributed by atoms with Crippen LogP contribution in [0.25, 0.3) is 0 Å². The predicted octanol–water partition coefficient (Wildman–Crippen LogP) is 1.07. The number of benzene rings is 1. The highest BCUT2D eigenvalue weighted by Crippen LogP contribution is 2.27. The first-order valence-electron chi connectivity index (χ1n) is 6.40. The van der Waals surface area contributed by atoms with Crippen LogP contribution in [0, 0.1) is 0 Å². The van der Waals surface area contributed by atoms with Gasteiger partial charge < -0.3 is 16.2 Å². The first-order valence-corrected chi connectivity index (χ1v) is 6.40. The zero-order valence-corrected chi connectivity index (χ0v) is 10.5. The second-order valence-electron chi connectivity index (χ2n) is 5.02. The normalized spacial score (nSPS) is 17.7. The van der Waals surface area contributed by atoms with Crippen LogP contribution >= 0.6 is 0 Å². The van der Waals surface area contributed by atoms with Gasteiger partial charge in [-0.2, -0.15) is 0 Å². The van der Waals surface area contributed by atoms with E-state index in [9.17, 15) is 4.79 Å². The maximum absolute atomic E-state index is 12.0. The van der Waals surface area contributed by atoms with E-state index in [4.69, 9.17) is 10.8 Å². The van der Waals surface area contributed by atoms with Gasteiger partial charge in [-0.25, -0.2) is 0 Å². The summed E-state index contributed by atoms with van der Waals surface area (Å²) in [4.78, 5) is 12.0. The molecule has 0 bridgehead atoms. The molecular weight excluding hydrogens is 228 g/mol. The van der Waals surface area contributed by atoms with E-state index in [1.807, 2.05) is 24.3 Å². The molecular formula is C14H20N2O2. The van der Waals surface area contributed by atoms with Crippen LogP contribution in [0.4, 0.5) is 0 Å². The molecule has 1 aromatic rings. The molecule has 0 saturated heterocycles. The number of carbonyl (C=O) groups is 1. The largest absolute Gasteiger partial charge is 0.392 e. The number of amides is 1. The fraction of sp³-hybridized carbons (Fsp3) is 0.500. The van der Waals surface area contributed by atoms with Gasteiger partial charge in [0.2, 0.25) is 5.91 Å². The summed E-state index contributed by atoms with van der Waals surface area (Å²) >= 11 is 0.